The molecule has 1 aromatic carbocycles. The quantitative estimate of drug-likeness (QED) is 0.875. The van der Waals surface area contributed by atoms with Crippen molar-refractivity contribution in [3.05, 3.63) is 46.7 Å². The maximum Gasteiger partial charge on any atom is 0.298 e. The van der Waals surface area contributed by atoms with Gasteiger partial charge in [-0.1, -0.05) is 24.8 Å². The van der Waals surface area contributed by atoms with E-state index < -0.39 is 16.4 Å². The molecule has 1 N–H and O–H groups in total. The van der Waals surface area contributed by atoms with Gasteiger partial charge in [-0.25, -0.2) is 0 Å². The summed E-state index contributed by atoms with van der Waals surface area (Å²) < 4.78 is 43.7. The predicted octanol–water partition coefficient (Wildman–Crippen LogP) is 2.98. The highest BCUT2D eigenvalue weighted by Gasteiger charge is 2.28. The van der Waals surface area contributed by atoms with E-state index in [-0.39, 0.29) is 16.2 Å². The van der Waals surface area contributed by atoms with E-state index in [0.29, 0.717) is 6.42 Å². The summed E-state index contributed by atoms with van der Waals surface area (Å²) >= 11 is 1.53. The Morgan fingerprint density at radius 1 is 1.43 bits per heavy atom. The van der Waals surface area contributed by atoms with Crippen molar-refractivity contribution in [1.29, 1.82) is 0 Å². The second-order valence-corrected chi connectivity index (χ2v) is 6.59. The molecule has 1 aromatic heterocycles. The van der Waals surface area contributed by atoms with Gasteiger partial charge in [-0.2, -0.15) is 8.42 Å². The van der Waals surface area contributed by atoms with Gasteiger partial charge in [0.25, 0.3) is 10.1 Å². The van der Waals surface area contributed by atoms with Gasteiger partial charge in [-0.3, -0.25) is 4.55 Å². The Bertz CT molecular complexity index is 771. The molecule has 0 spiro atoms. The molecule has 21 heavy (non-hydrogen) atoms. The van der Waals surface area contributed by atoms with Crippen LogP contribution in [-0.2, 0) is 16.5 Å². The molecular weight excluding hydrogens is 312 g/mol. The molecule has 1 atom stereocenters. The van der Waals surface area contributed by atoms with Gasteiger partial charge in [-0.15, -0.1) is 11.3 Å². The minimum Gasteiger partial charge on any atom is -0.453 e. The van der Waals surface area contributed by atoms with Crippen LogP contribution >= 0.6 is 11.3 Å². The average molecular weight is 324 g/mol. The van der Waals surface area contributed by atoms with Crippen LogP contribution in [0.5, 0.6) is 11.5 Å². The Hall–Kier alpha value is -1.83. The van der Waals surface area contributed by atoms with Crippen LogP contribution < -0.4 is 9.47 Å². The zero-order valence-electron chi connectivity index (χ0n) is 10.9. The molecular formula is C14H12O5S2. The van der Waals surface area contributed by atoms with Crippen molar-refractivity contribution in [2.75, 3.05) is 0 Å². The monoisotopic (exact) mass is 324 g/mol. The van der Waals surface area contributed by atoms with E-state index in [4.69, 9.17) is 9.47 Å². The molecule has 0 saturated carbocycles. The Labute approximate surface area is 126 Å². The van der Waals surface area contributed by atoms with Crippen molar-refractivity contribution in [3.8, 4) is 11.5 Å². The van der Waals surface area contributed by atoms with E-state index in [1.54, 1.807) is 6.07 Å². The second-order valence-electron chi connectivity index (χ2n) is 4.48. The molecule has 2 aromatic rings. The summed E-state index contributed by atoms with van der Waals surface area (Å²) in [6.45, 7) is 3.54. The Morgan fingerprint density at radius 2 is 2.24 bits per heavy atom. The van der Waals surface area contributed by atoms with Crippen LogP contribution in [0.4, 0.5) is 0 Å². The Morgan fingerprint density at radius 3 is 2.90 bits per heavy atom. The molecule has 0 bridgehead atoms. The van der Waals surface area contributed by atoms with Gasteiger partial charge in [0.15, 0.2) is 0 Å². The number of rotatable bonds is 4. The third kappa shape index (κ3) is 2.67. The fourth-order valence-corrected chi connectivity index (χ4v) is 3.79. The number of benzene rings is 1. The fourth-order valence-electron chi connectivity index (χ4n) is 2.20. The van der Waals surface area contributed by atoms with Crippen molar-refractivity contribution in [1.82, 2.24) is 0 Å². The molecule has 7 heteroatoms. The van der Waals surface area contributed by atoms with Crippen molar-refractivity contribution in [3.63, 3.8) is 0 Å². The lowest BCUT2D eigenvalue weighted by atomic mass is 10.2. The normalized spacial score (nSPS) is 17.1. The summed E-state index contributed by atoms with van der Waals surface area (Å²) in [5.41, 5.74) is 1.31. The number of fused-ring (bicyclic) bond motifs is 1. The molecule has 5 nitrogen and oxygen atoms in total. The maximum absolute atomic E-state index is 11.6. The topological polar surface area (TPSA) is 72.8 Å². The summed E-state index contributed by atoms with van der Waals surface area (Å²) in [7, 11) is -4.42. The largest absolute Gasteiger partial charge is 0.453 e. The van der Waals surface area contributed by atoms with E-state index in [1.807, 2.05) is 10.8 Å². The SMILES string of the molecule is C=Cc1cccc(OC2Cc3cscc3O2)c1S(=O)(=O)O. The molecule has 1 aliphatic rings. The summed E-state index contributed by atoms with van der Waals surface area (Å²) in [6.07, 6.45) is 1.27. The number of ether oxygens (including phenoxy) is 2. The molecule has 110 valence electrons. The number of thiophene rings is 1. The Kier molecular flexibility index (Phi) is 3.48. The van der Waals surface area contributed by atoms with Gasteiger partial charge in [0.05, 0.1) is 6.42 Å². The highest BCUT2D eigenvalue weighted by Crippen LogP contribution is 2.35. The zero-order chi connectivity index (χ0) is 15.0. The van der Waals surface area contributed by atoms with Gasteiger partial charge in [0, 0.05) is 10.9 Å². The minimum atomic E-state index is -4.42. The van der Waals surface area contributed by atoms with Crippen molar-refractivity contribution in [2.45, 2.75) is 17.6 Å². The summed E-state index contributed by atoms with van der Waals surface area (Å²) in [4.78, 5) is -0.294. The van der Waals surface area contributed by atoms with Gasteiger partial charge in [0.1, 0.15) is 16.4 Å². The molecule has 0 amide bonds. The molecule has 0 radical (unpaired) electrons. The smallest absolute Gasteiger partial charge is 0.298 e. The lowest BCUT2D eigenvalue weighted by molar-refractivity contribution is 0.0228. The van der Waals surface area contributed by atoms with Crippen LogP contribution in [0.3, 0.4) is 0 Å². The van der Waals surface area contributed by atoms with Crippen LogP contribution in [-0.4, -0.2) is 19.3 Å². The van der Waals surface area contributed by atoms with Crippen LogP contribution in [0.2, 0.25) is 0 Å². The summed E-state index contributed by atoms with van der Waals surface area (Å²) in [6, 6.07) is 4.64. The summed E-state index contributed by atoms with van der Waals surface area (Å²) in [5, 5.41) is 3.82. The predicted molar refractivity (Wildman–Crippen MR) is 79.4 cm³/mol. The van der Waals surface area contributed by atoms with E-state index in [9.17, 15) is 13.0 Å². The van der Waals surface area contributed by atoms with Crippen molar-refractivity contribution in [2.24, 2.45) is 0 Å². The van der Waals surface area contributed by atoms with E-state index in [0.717, 1.165) is 11.3 Å². The van der Waals surface area contributed by atoms with E-state index >= 15 is 0 Å². The first-order valence-electron chi connectivity index (χ1n) is 6.10. The first-order valence-corrected chi connectivity index (χ1v) is 8.48. The van der Waals surface area contributed by atoms with E-state index in [2.05, 4.69) is 6.58 Å². The first kappa shape index (κ1) is 14.1. The van der Waals surface area contributed by atoms with Crippen molar-refractivity contribution < 1.29 is 22.4 Å². The minimum absolute atomic E-state index is 0.0497. The summed E-state index contributed by atoms with van der Waals surface area (Å²) in [5.74, 6) is 0.798. The highest BCUT2D eigenvalue weighted by molar-refractivity contribution is 7.86. The zero-order valence-corrected chi connectivity index (χ0v) is 12.5. The van der Waals surface area contributed by atoms with E-state index in [1.165, 1.54) is 29.5 Å². The average Bonchev–Trinajstić information content (AvgIpc) is 2.97. The molecule has 0 saturated heterocycles. The lowest BCUT2D eigenvalue weighted by Gasteiger charge is -2.16. The lowest BCUT2D eigenvalue weighted by Crippen LogP contribution is -2.22. The number of hydrogen-bond acceptors (Lipinski definition) is 5. The molecule has 1 unspecified atom stereocenters. The van der Waals surface area contributed by atoms with Crippen LogP contribution in [0.25, 0.3) is 6.08 Å². The third-order valence-electron chi connectivity index (χ3n) is 3.09. The van der Waals surface area contributed by atoms with Crippen molar-refractivity contribution >= 4 is 27.5 Å². The van der Waals surface area contributed by atoms with Crippen LogP contribution in [0.1, 0.15) is 11.1 Å². The standard InChI is InChI=1S/C14H12O5S2/c1-2-9-4-3-5-11(14(9)21(15,16)17)18-13-6-10-7-20-8-12(10)19-13/h2-5,7-8,13H,1,6H2,(H,15,16,17). The first-order chi connectivity index (χ1) is 9.99. The highest BCUT2D eigenvalue weighted by atomic mass is 32.2. The third-order valence-corrected chi connectivity index (χ3v) is 4.82. The second kappa shape index (κ2) is 5.18. The van der Waals surface area contributed by atoms with Gasteiger partial charge >= 0.3 is 0 Å². The fraction of sp³-hybridized carbons (Fsp3) is 0.143. The van der Waals surface area contributed by atoms with Gasteiger partial charge in [-0.05, 0) is 17.0 Å². The molecule has 2 heterocycles. The molecule has 0 aliphatic carbocycles. The number of hydrogen-bond donors (Lipinski definition) is 1. The van der Waals surface area contributed by atoms with Crippen LogP contribution in [0, 0.1) is 0 Å². The molecule has 1 aliphatic heterocycles. The molecule has 0 fully saturated rings. The van der Waals surface area contributed by atoms with Gasteiger partial charge in [0.2, 0.25) is 6.29 Å². The maximum atomic E-state index is 11.6. The van der Waals surface area contributed by atoms with Crippen LogP contribution in [0.15, 0.2) is 40.4 Å². The Balaban J connectivity index is 1.93. The molecule has 3 rings (SSSR count). The van der Waals surface area contributed by atoms with Gasteiger partial charge < -0.3 is 9.47 Å².